The fourth-order valence-corrected chi connectivity index (χ4v) is 3.46. The van der Waals surface area contributed by atoms with Crippen molar-refractivity contribution in [3.63, 3.8) is 0 Å². The van der Waals surface area contributed by atoms with Crippen LogP contribution in [-0.2, 0) is 0 Å². The van der Waals surface area contributed by atoms with Crippen LogP contribution in [0.5, 0.6) is 17.2 Å². The molecule has 0 aliphatic carbocycles. The van der Waals surface area contributed by atoms with E-state index < -0.39 is 23.4 Å². The number of rotatable bonds is 11. The van der Waals surface area contributed by atoms with Gasteiger partial charge in [0.05, 0.1) is 12.2 Å². The number of aromatic hydroxyl groups is 1. The normalized spacial score (nSPS) is 10.8. The van der Waals surface area contributed by atoms with E-state index in [1.165, 1.54) is 61.7 Å². The molecule has 3 aromatic carbocycles. The minimum atomic E-state index is -1.05. The summed E-state index contributed by atoms with van der Waals surface area (Å²) in [6.45, 7) is 2.47. The number of ether oxygens (including phenoxy) is 2. The van der Waals surface area contributed by atoms with Gasteiger partial charge >= 0.3 is 5.97 Å². The van der Waals surface area contributed by atoms with Crippen molar-refractivity contribution in [3.8, 4) is 28.4 Å². The average molecular weight is 473 g/mol. The van der Waals surface area contributed by atoms with E-state index in [1.54, 1.807) is 0 Å². The molecule has 0 atom stereocenters. The second-order valence-electron chi connectivity index (χ2n) is 7.93. The SMILES string of the molecule is CCCCCCCCOc1ccc(-c2ccc(OC(=O)c3ccc(O)cc3F)cc2)c(F)c1F. The summed E-state index contributed by atoms with van der Waals surface area (Å²) < 4.78 is 53.5. The first-order chi connectivity index (χ1) is 16.4. The Labute approximate surface area is 197 Å². The number of phenolic OH excluding ortho intramolecular Hbond substituents is 1. The van der Waals surface area contributed by atoms with E-state index >= 15 is 0 Å². The van der Waals surface area contributed by atoms with E-state index in [9.17, 15) is 23.1 Å². The molecule has 0 spiro atoms. The maximum Gasteiger partial charge on any atom is 0.346 e. The quantitative estimate of drug-likeness (QED) is 0.179. The van der Waals surface area contributed by atoms with E-state index in [-0.39, 0.29) is 28.4 Å². The standard InChI is InChI=1S/C27H27F3O4/c1-2-3-4-5-6-7-16-33-24-15-14-21(25(29)26(24)30)18-8-11-20(12-9-18)34-27(32)22-13-10-19(31)17-23(22)28/h8-15,17,31H,2-7,16H2,1H3. The maximum absolute atomic E-state index is 14.7. The Morgan fingerprint density at radius 1 is 0.853 bits per heavy atom. The van der Waals surface area contributed by atoms with Gasteiger partial charge in [-0.2, -0.15) is 4.39 Å². The van der Waals surface area contributed by atoms with Gasteiger partial charge in [-0.25, -0.2) is 13.6 Å². The lowest BCUT2D eigenvalue weighted by molar-refractivity contribution is 0.0730. The Balaban J connectivity index is 1.61. The molecule has 0 aromatic heterocycles. The summed E-state index contributed by atoms with van der Waals surface area (Å²) in [6, 6.07) is 11.6. The zero-order chi connectivity index (χ0) is 24.5. The van der Waals surface area contributed by atoms with Crippen molar-refractivity contribution in [3.05, 3.63) is 77.6 Å². The zero-order valence-corrected chi connectivity index (χ0v) is 19.0. The summed E-state index contributed by atoms with van der Waals surface area (Å²) in [5, 5.41) is 9.24. The molecule has 0 unspecified atom stereocenters. The zero-order valence-electron chi connectivity index (χ0n) is 19.0. The molecule has 0 fully saturated rings. The van der Waals surface area contributed by atoms with Gasteiger partial charge in [0.25, 0.3) is 0 Å². The largest absolute Gasteiger partial charge is 0.508 e. The van der Waals surface area contributed by atoms with E-state index in [2.05, 4.69) is 6.92 Å². The first-order valence-corrected chi connectivity index (χ1v) is 11.3. The Morgan fingerprint density at radius 2 is 1.56 bits per heavy atom. The predicted molar refractivity (Wildman–Crippen MR) is 124 cm³/mol. The molecule has 0 aliphatic heterocycles. The maximum atomic E-state index is 14.7. The molecule has 0 bridgehead atoms. The highest BCUT2D eigenvalue weighted by Crippen LogP contribution is 2.31. The number of carbonyl (C=O) groups excluding carboxylic acids is 1. The molecule has 0 radical (unpaired) electrons. The van der Waals surface area contributed by atoms with Crippen molar-refractivity contribution in [2.24, 2.45) is 0 Å². The third kappa shape index (κ3) is 6.53. The van der Waals surface area contributed by atoms with Crippen LogP contribution in [0.15, 0.2) is 54.6 Å². The Bertz CT molecular complexity index is 1110. The third-order valence-electron chi connectivity index (χ3n) is 5.35. The number of hydrogen-bond acceptors (Lipinski definition) is 4. The summed E-state index contributed by atoms with van der Waals surface area (Å²) in [7, 11) is 0. The van der Waals surface area contributed by atoms with E-state index in [0.717, 1.165) is 31.4 Å². The van der Waals surface area contributed by atoms with Crippen molar-refractivity contribution >= 4 is 5.97 Å². The summed E-state index contributed by atoms with van der Waals surface area (Å²) in [6.07, 6.45) is 6.39. The fraction of sp³-hybridized carbons (Fsp3) is 0.296. The molecule has 3 rings (SSSR count). The van der Waals surface area contributed by atoms with Gasteiger partial charge in [0.15, 0.2) is 11.6 Å². The average Bonchev–Trinajstić information content (AvgIpc) is 2.81. The smallest absolute Gasteiger partial charge is 0.346 e. The summed E-state index contributed by atoms with van der Waals surface area (Å²) in [5.41, 5.74) is 0.0629. The molecule has 0 saturated heterocycles. The topological polar surface area (TPSA) is 55.8 Å². The van der Waals surface area contributed by atoms with Gasteiger partial charge in [-0.3, -0.25) is 0 Å². The van der Waals surface area contributed by atoms with Crippen LogP contribution < -0.4 is 9.47 Å². The lowest BCUT2D eigenvalue weighted by Gasteiger charge is -2.11. The van der Waals surface area contributed by atoms with Crippen LogP contribution in [-0.4, -0.2) is 17.7 Å². The Hall–Kier alpha value is -3.48. The van der Waals surface area contributed by atoms with Gasteiger partial charge in [0.1, 0.15) is 17.3 Å². The number of esters is 1. The molecule has 180 valence electrons. The Kier molecular flexibility index (Phi) is 8.96. The van der Waals surface area contributed by atoms with Crippen LogP contribution in [0.2, 0.25) is 0 Å². The van der Waals surface area contributed by atoms with Crippen LogP contribution >= 0.6 is 0 Å². The minimum Gasteiger partial charge on any atom is -0.508 e. The van der Waals surface area contributed by atoms with Crippen LogP contribution in [0.3, 0.4) is 0 Å². The summed E-state index contributed by atoms with van der Waals surface area (Å²) >= 11 is 0. The van der Waals surface area contributed by atoms with Gasteiger partial charge in [0, 0.05) is 11.6 Å². The number of hydrogen-bond donors (Lipinski definition) is 1. The lowest BCUT2D eigenvalue weighted by atomic mass is 10.0. The molecule has 0 amide bonds. The van der Waals surface area contributed by atoms with Crippen molar-refractivity contribution in [2.45, 2.75) is 45.4 Å². The van der Waals surface area contributed by atoms with E-state index in [1.807, 2.05) is 0 Å². The highest BCUT2D eigenvalue weighted by molar-refractivity contribution is 5.91. The molecule has 1 N–H and O–H groups in total. The van der Waals surface area contributed by atoms with Crippen LogP contribution in [0.1, 0.15) is 55.8 Å². The lowest BCUT2D eigenvalue weighted by Crippen LogP contribution is -2.10. The van der Waals surface area contributed by atoms with Gasteiger partial charge in [-0.05, 0) is 48.4 Å². The highest BCUT2D eigenvalue weighted by Gasteiger charge is 2.17. The molecule has 0 heterocycles. The summed E-state index contributed by atoms with van der Waals surface area (Å²) in [5.74, 6) is -4.30. The van der Waals surface area contributed by atoms with Crippen molar-refractivity contribution < 1.29 is 32.5 Å². The van der Waals surface area contributed by atoms with Crippen molar-refractivity contribution in [1.29, 1.82) is 0 Å². The number of unbranched alkanes of at least 4 members (excludes halogenated alkanes) is 5. The molecular formula is C27H27F3O4. The number of phenols is 1. The summed E-state index contributed by atoms with van der Waals surface area (Å²) in [4.78, 5) is 12.1. The molecule has 7 heteroatoms. The van der Waals surface area contributed by atoms with Gasteiger partial charge in [-0.1, -0.05) is 51.2 Å². The van der Waals surface area contributed by atoms with Gasteiger partial charge < -0.3 is 14.6 Å². The predicted octanol–water partition coefficient (Wildman–Crippen LogP) is 7.44. The van der Waals surface area contributed by atoms with E-state index in [4.69, 9.17) is 9.47 Å². The Morgan fingerprint density at radius 3 is 2.26 bits per heavy atom. The number of carbonyl (C=O) groups is 1. The second-order valence-corrected chi connectivity index (χ2v) is 7.93. The van der Waals surface area contributed by atoms with E-state index in [0.29, 0.717) is 12.2 Å². The van der Waals surface area contributed by atoms with Gasteiger partial charge in [0.2, 0.25) is 5.82 Å². The third-order valence-corrected chi connectivity index (χ3v) is 5.35. The molecule has 3 aromatic rings. The van der Waals surface area contributed by atoms with Crippen molar-refractivity contribution in [1.82, 2.24) is 0 Å². The molecule has 34 heavy (non-hydrogen) atoms. The fourth-order valence-electron chi connectivity index (χ4n) is 3.46. The molecular weight excluding hydrogens is 445 g/mol. The van der Waals surface area contributed by atoms with Crippen LogP contribution in [0.4, 0.5) is 13.2 Å². The highest BCUT2D eigenvalue weighted by atomic mass is 19.2. The monoisotopic (exact) mass is 472 g/mol. The first-order valence-electron chi connectivity index (χ1n) is 11.3. The number of benzene rings is 3. The van der Waals surface area contributed by atoms with Crippen molar-refractivity contribution in [2.75, 3.05) is 6.61 Å². The first kappa shape index (κ1) is 25.1. The van der Waals surface area contributed by atoms with Crippen LogP contribution in [0.25, 0.3) is 11.1 Å². The second kappa shape index (κ2) is 12.1. The molecule has 0 saturated carbocycles. The molecule has 0 aliphatic rings. The number of halogens is 3. The van der Waals surface area contributed by atoms with Gasteiger partial charge in [-0.15, -0.1) is 0 Å². The van der Waals surface area contributed by atoms with Crippen LogP contribution in [0, 0.1) is 17.5 Å². The molecule has 4 nitrogen and oxygen atoms in total. The minimum absolute atomic E-state index is 0.0341.